The van der Waals surface area contributed by atoms with Crippen LogP contribution in [-0.4, -0.2) is 43.3 Å². The zero-order valence-corrected chi connectivity index (χ0v) is 22.7. The Hall–Kier alpha value is -3.39. The summed E-state index contributed by atoms with van der Waals surface area (Å²) in [7, 11) is -0.872. The second kappa shape index (κ2) is 9.17. The lowest BCUT2D eigenvalue weighted by Gasteiger charge is -2.13. The van der Waals surface area contributed by atoms with Crippen LogP contribution in [0.5, 0.6) is 5.75 Å². The molecular weight excluding hydrogens is 536 g/mol. The number of thiazole rings is 1. The molecule has 3 aromatic rings. The highest BCUT2D eigenvalue weighted by Gasteiger charge is 2.32. The third kappa shape index (κ3) is 4.17. The highest BCUT2D eigenvalue weighted by atomic mass is 32.2. The summed E-state index contributed by atoms with van der Waals surface area (Å²) in [6.45, 7) is 3.89. The van der Waals surface area contributed by atoms with E-state index in [-0.39, 0.29) is 10.5 Å². The average Bonchev–Trinajstić information content (AvgIpc) is 3.47. The Morgan fingerprint density at radius 3 is 2.43 bits per heavy atom. The van der Waals surface area contributed by atoms with Crippen molar-refractivity contribution < 1.29 is 22.5 Å². The molecule has 10 nitrogen and oxygen atoms in total. The average molecular weight is 559 g/mol. The summed E-state index contributed by atoms with van der Waals surface area (Å²) in [6, 6.07) is 10.9. The second-order valence-corrected chi connectivity index (χ2v) is 11.7. The van der Waals surface area contributed by atoms with E-state index in [4.69, 9.17) is 4.74 Å². The smallest absolute Gasteiger partial charge is 0.294 e. The van der Waals surface area contributed by atoms with Crippen LogP contribution in [0.25, 0.3) is 10.6 Å². The number of hydrazone groups is 1. The molecule has 0 atom stereocenters. The van der Waals surface area contributed by atoms with Gasteiger partial charge >= 0.3 is 0 Å². The Bertz CT molecular complexity index is 1770. The van der Waals surface area contributed by atoms with E-state index in [1.54, 1.807) is 18.6 Å². The maximum atomic E-state index is 13.5. The standard InChI is InChI=1S/C24H22N4O6S3/c1-5-27-22(30)20(24-26(3)17-12-15(34-4)8-11-18(17)35-24)36-23(27)19-13(2)25-28(21(19)29)14-6-9-16(10-7-14)37(31,32)33/h6-12H,5H2,1-4H3,(H,31,32,33)/b23-19-,24-20-. The van der Waals surface area contributed by atoms with Crippen LogP contribution in [0, 0.1) is 0 Å². The highest BCUT2D eigenvalue weighted by molar-refractivity contribution is 8.08. The summed E-state index contributed by atoms with van der Waals surface area (Å²) in [4.78, 5) is 29.7. The number of methoxy groups -OCH3 is 1. The van der Waals surface area contributed by atoms with Gasteiger partial charge in [0.15, 0.2) is 0 Å². The van der Waals surface area contributed by atoms with Gasteiger partial charge in [-0.15, -0.1) is 11.3 Å². The minimum Gasteiger partial charge on any atom is -0.497 e. The fourth-order valence-corrected chi connectivity index (χ4v) is 7.22. The molecule has 192 valence electrons. The zero-order chi connectivity index (χ0) is 26.6. The lowest BCUT2D eigenvalue weighted by atomic mass is 10.2. The molecule has 0 unspecified atom stereocenters. The number of benzene rings is 2. The number of rotatable bonds is 4. The van der Waals surface area contributed by atoms with Gasteiger partial charge in [0.2, 0.25) is 0 Å². The summed E-state index contributed by atoms with van der Waals surface area (Å²) in [5.41, 5.74) is 1.81. The number of hydrogen-bond acceptors (Lipinski definition) is 9. The first-order valence-electron chi connectivity index (χ1n) is 11.1. The Kier molecular flexibility index (Phi) is 6.26. The van der Waals surface area contributed by atoms with Gasteiger partial charge in [0.25, 0.3) is 21.6 Å². The van der Waals surface area contributed by atoms with Crippen molar-refractivity contribution in [3.8, 4) is 5.75 Å². The lowest BCUT2D eigenvalue weighted by molar-refractivity contribution is -0.112. The summed E-state index contributed by atoms with van der Waals surface area (Å²) in [6.07, 6.45) is 0. The molecule has 0 saturated heterocycles. The van der Waals surface area contributed by atoms with Crippen LogP contribution < -0.4 is 29.4 Å². The molecule has 3 heterocycles. The van der Waals surface area contributed by atoms with E-state index >= 15 is 0 Å². The van der Waals surface area contributed by atoms with Crippen LogP contribution in [-0.2, 0) is 21.5 Å². The highest BCUT2D eigenvalue weighted by Crippen LogP contribution is 2.46. The number of amides is 1. The maximum Gasteiger partial charge on any atom is 0.294 e. The molecule has 13 heteroatoms. The lowest BCUT2D eigenvalue weighted by Crippen LogP contribution is -2.35. The molecule has 1 aromatic heterocycles. The SMILES string of the molecule is CCn1c(=O)/c(=C2/Sc3ccc(OC)cc3N2C)s/c1=C1\C(=O)N(c2ccc(S(=O)(=O)O)cc2)N=C1C. The molecule has 1 amide bonds. The van der Waals surface area contributed by atoms with Crippen LogP contribution in [0.15, 0.2) is 62.2 Å². The molecule has 0 saturated carbocycles. The molecular formula is C24H22N4O6S3. The van der Waals surface area contributed by atoms with E-state index < -0.39 is 16.0 Å². The molecule has 1 N–H and O–H groups in total. The number of hydrogen-bond donors (Lipinski definition) is 1. The normalized spacial score (nSPS) is 18.4. The van der Waals surface area contributed by atoms with Crippen LogP contribution in [0.4, 0.5) is 11.4 Å². The Balaban J connectivity index is 1.64. The van der Waals surface area contributed by atoms with Crippen molar-refractivity contribution in [2.45, 2.75) is 30.2 Å². The quantitative estimate of drug-likeness (QED) is 0.483. The molecule has 0 fully saturated rings. The number of aromatic nitrogens is 1. The first kappa shape index (κ1) is 25.3. The molecule has 0 spiro atoms. The monoisotopic (exact) mass is 558 g/mol. The van der Waals surface area contributed by atoms with Crippen LogP contribution >= 0.6 is 23.1 Å². The van der Waals surface area contributed by atoms with E-state index in [2.05, 4.69) is 5.10 Å². The van der Waals surface area contributed by atoms with E-state index in [0.717, 1.165) is 20.6 Å². The summed E-state index contributed by atoms with van der Waals surface area (Å²) in [5.74, 6) is 0.284. The zero-order valence-electron chi connectivity index (χ0n) is 20.3. The first-order chi connectivity index (χ1) is 17.5. The molecule has 37 heavy (non-hydrogen) atoms. The van der Waals surface area contributed by atoms with Gasteiger partial charge in [0.1, 0.15) is 20.0 Å². The number of thioether (sulfide) groups is 1. The van der Waals surface area contributed by atoms with E-state index in [0.29, 0.717) is 38.5 Å². The fraction of sp³-hybridized carbons (Fsp3) is 0.208. The molecule has 5 rings (SSSR count). The molecule has 2 aromatic carbocycles. The van der Waals surface area contributed by atoms with Crippen molar-refractivity contribution in [3.05, 3.63) is 62.0 Å². The minimum absolute atomic E-state index is 0.194. The van der Waals surface area contributed by atoms with Gasteiger partial charge in [-0.2, -0.15) is 18.5 Å². The van der Waals surface area contributed by atoms with Crippen molar-refractivity contribution in [2.75, 3.05) is 24.1 Å². The van der Waals surface area contributed by atoms with Crippen LogP contribution in [0.1, 0.15) is 13.8 Å². The van der Waals surface area contributed by atoms with E-state index in [1.807, 2.05) is 37.1 Å². The summed E-state index contributed by atoms with van der Waals surface area (Å²) < 4.78 is 39.9. The van der Waals surface area contributed by atoms with Crippen LogP contribution in [0.2, 0.25) is 0 Å². The Labute approximate surface area is 220 Å². The van der Waals surface area contributed by atoms with Gasteiger partial charge in [0, 0.05) is 24.6 Å². The molecule has 2 aliphatic rings. The topological polar surface area (TPSA) is 122 Å². The van der Waals surface area contributed by atoms with Gasteiger partial charge in [0.05, 0.1) is 34.7 Å². The third-order valence-corrected chi connectivity index (χ3v) is 9.47. The maximum absolute atomic E-state index is 13.5. The Morgan fingerprint density at radius 2 is 1.81 bits per heavy atom. The molecule has 0 radical (unpaired) electrons. The first-order valence-corrected chi connectivity index (χ1v) is 14.2. The predicted molar refractivity (Wildman–Crippen MR) is 144 cm³/mol. The summed E-state index contributed by atoms with van der Waals surface area (Å²) >= 11 is 2.73. The fourth-order valence-electron chi connectivity index (χ4n) is 4.16. The Morgan fingerprint density at radius 1 is 1.11 bits per heavy atom. The second-order valence-electron chi connectivity index (χ2n) is 8.23. The van der Waals surface area contributed by atoms with Gasteiger partial charge in [-0.1, -0.05) is 11.8 Å². The molecule has 0 aliphatic carbocycles. The van der Waals surface area contributed by atoms with Crippen molar-refractivity contribution in [3.63, 3.8) is 0 Å². The van der Waals surface area contributed by atoms with Gasteiger partial charge in [-0.3, -0.25) is 18.7 Å². The largest absolute Gasteiger partial charge is 0.497 e. The van der Waals surface area contributed by atoms with Gasteiger partial charge in [-0.25, -0.2) is 0 Å². The number of carbonyl (C=O) groups excluding carboxylic acids is 1. The number of nitrogens with zero attached hydrogens (tertiary/aromatic N) is 4. The molecule has 2 aliphatic heterocycles. The van der Waals surface area contributed by atoms with E-state index in [9.17, 15) is 22.6 Å². The predicted octanol–water partition coefficient (Wildman–Crippen LogP) is 2.07. The van der Waals surface area contributed by atoms with Crippen molar-refractivity contribution in [2.24, 2.45) is 5.10 Å². The van der Waals surface area contributed by atoms with Crippen molar-refractivity contribution in [1.82, 2.24) is 4.57 Å². The van der Waals surface area contributed by atoms with E-state index in [1.165, 1.54) is 47.4 Å². The van der Waals surface area contributed by atoms with Crippen LogP contribution in [0.3, 0.4) is 0 Å². The number of carbonyl (C=O) groups is 1. The van der Waals surface area contributed by atoms with Gasteiger partial charge < -0.3 is 9.64 Å². The summed E-state index contributed by atoms with van der Waals surface area (Å²) in [5, 5.41) is 6.30. The van der Waals surface area contributed by atoms with Gasteiger partial charge in [-0.05, 0) is 50.2 Å². The number of anilines is 2. The number of fused-ring (bicyclic) bond motifs is 1. The number of ether oxygens (including phenoxy) is 1. The molecule has 0 bridgehead atoms. The van der Waals surface area contributed by atoms with Crippen molar-refractivity contribution >= 4 is 66.8 Å². The third-order valence-electron chi connectivity index (χ3n) is 6.04. The van der Waals surface area contributed by atoms with Crippen molar-refractivity contribution in [1.29, 1.82) is 0 Å². The minimum atomic E-state index is -4.36.